The highest BCUT2D eigenvalue weighted by Gasteiger charge is 2.33. The van der Waals surface area contributed by atoms with Gasteiger partial charge in [0.1, 0.15) is 5.01 Å². The van der Waals surface area contributed by atoms with Gasteiger partial charge in [-0.3, -0.25) is 0 Å². The standard InChI is InChI=1S/C14H18F3N3OS/c1-20(8-12-19-11(9-22-12)14(15,16)17)13(21)18-7-10-5-3-2-4-6-10/h2-3,9-10H,4-8H2,1H3,(H,18,21). The molecule has 2 rings (SSSR count). The van der Waals surface area contributed by atoms with Crippen LogP contribution in [0.2, 0.25) is 0 Å². The summed E-state index contributed by atoms with van der Waals surface area (Å²) in [5, 5.41) is 4.05. The highest BCUT2D eigenvalue weighted by atomic mass is 32.1. The smallest absolute Gasteiger partial charge is 0.338 e. The van der Waals surface area contributed by atoms with Crippen molar-refractivity contribution in [2.45, 2.75) is 32.0 Å². The normalized spacial score (nSPS) is 18.3. The summed E-state index contributed by atoms with van der Waals surface area (Å²) in [5.74, 6) is 0.430. The van der Waals surface area contributed by atoms with Crippen LogP contribution in [-0.2, 0) is 12.7 Å². The lowest BCUT2D eigenvalue weighted by atomic mass is 9.94. The molecule has 122 valence electrons. The number of aromatic nitrogens is 1. The van der Waals surface area contributed by atoms with Crippen molar-refractivity contribution >= 4 is 17.4 Å². The molecule has 0 aliphatic heterocycles. The number of nitrogens with zero attached hydrogens (tertiary/aromatic N) is 2. The molecular formula is C14H18F3N3OS. The second-order valence-corrected chi connectivity index (χ2v) is 6.26. The first-order valence-electron chi connectivity index (χ1n) is 7.02. The molecule has 4 nitrogen and oxygen atoms in total. The zero-order chi connectivity index (χ0) is 16.2. The maximum atomic E-state index is 12.5. The number of carbonyl (C=O) groups is 1. The van der Waals surface area contributed by atoms with Gasteiger partial charge in [0, 0.05) is 19.0 Å². The van der Waals surface area contributed by atoms with Crippen molar-refractivity contribution in [1.29, 1.82) is 0 Å². The lowest BCUT2D eigenvalue weighted by Gasteiger charge is -2.21. The summed E-state index contributed by atoms with van der Waals surface area (Å²) in [6.45, 7) is 0.649. The minimum absolute atomic E-state index is 0.0666. The Balaban J connectivity index is 1.80. The summed E-state index contributed by atoms with van der Waals surface area (Å²) >= 11 is 0.906. The minimum Gasteiger partial charge on any atom is -0.338 e. The molecule has 0 radical (unpaired) electrons. The van der Waals surface area contributed by atoms with Gasteiger partial charge in [0.2, 0.25) is 0 Å². The molecule has 0 spiro atoms. The van der Waals surface area contributed by atoms with Crippen LogP contribution in [0.15, 0.2) is 17.5 Å². The number of carbonyl (C=O) groups excluding carboxylic acids is 1. The van der Waals surface area contributed by atoms with Crippen molar-refractivity contribution in [3.8, 4) is 0 Å². The van der Waals surface area contributed by atoms with Gasteiger partial charge in [-0.25, -0.2) is 9.78 Å². The third kappa shape index (κ3) is 4.72. The Morgan fingerprint density at radius 3 is 2.86 bits per heavy atom. The Hall–Kier alpha value is -1.57. The Bertz CT molecular complexity index is 542. The quantitative estimate of drug-likeness (QED) is 0.855. The van der Waals surface area contributed by atoms with E-state index in [4.69, 9.17) is 0 Å². The molecule has 0 aromatic carbocycles. The van der Waals surface area contributed by atoms with Crippen molar-refractivity contribution in [1.82, 2.24) is 15.2 Å². The lowest BCUT2D eigenvalue weighted by Crippen LogP contribution is -2.39. The summed E-state index contributed by atoms with van der Waals surface area (Å²) in [7, 11) is 1.55. The zero-order valence-electron chi connectivity index (χ0n) is 12.2. The molecule has 1 N–H and O–H groups in total. The number of allylic oxidation sites excluding steroid dienone is 2. The van der Waals surface area contributed by atoms with E-state index in [0.29, 0.717) is 12.5 Å². The van der Waals surface area contributed by atoms with Gasteiger partial charge in [-0.1, -0.05) is 12.2 Å². The molecule has 8 heteroatoms. The van der Waals surface area contributed by atoms with Crippen LogP contribution < -0.4 is 5.32 Å². The molecular weight excluding hydrogens is 315 g/mol. The number of alkyl halides is 3. The van der Waals surface area contributed by atoms with Crippen LogP contribution in [0.4, 0.5) is 18.0 Å². The van der Waals surface area contributed by atoms with Gasteiger partial charge < -0.3 is 10.2 Å². The molecule has 1 aliphatic carbocycles. The van der Waals surface area contributed by atoms with Gasteiger partial charge >= 0.3 is 12.2 Å². The fraction of sp³-hybridized carbons (Fsp3) is 0.571. The van der Waals surface area contributed by atoms with Crippen molar-refractivity contribution < 1.29 is 18.0 Å². The van der Waals surface area contributed by atoms with Crippen molar-refractivity contribution in [2.75, 3.05) is 13.6 Å². The fourth-order valence-electron chi connectivity index (χ4n) is 2.20. The van der Waals surface area contributed by atoms with Crippen LogP contribution in [-0.4, -0.2) is 29.5 Å². The highest BCUT2D eigenvalue weighted by Crippen LogP contribution is 2.30. The van der Waals surface area contributed by atoms with Crippen molar-refractivity contribution in [2.24, 2.45) is 5.92 Å². The van der Waals surface area contributed by atoms with Gasteiger partial charge in [0.15, 0.2) is 5.69 Å². The first kappa shape index (κ1) is 16.8. The predicted octanol–water partition coefficient (Wildman–Crippen LogP) is 3.66. The zero-order valence-corrected chi connectivity index (χ0v) is 13.0. The summed E-state index contributed by atoms with van der Waals surface area (Å²) in [6, 6.07) is -0.293. The number of thiazole rings is 1. The number of hydrogen-bond acceptors (Lipinski definition) is 3. The van der Waals surface area contributed by atoms with E-state index in [-0.39, 0.29) is 17.6 Å². The second kappa shape index (κ2) is 7.13. The van der Waals surface area contributed by atoms with Gasteiger partial charge in [0.25, 0.3) is 0 Å². The van der Waals surface area contributed by atoms with E-state index < -0.39 is 11.9 Å². The molecule has 1 aromatic heterocycles. The third-order valence-corrected chi connectivity index (χ3v) is 4.31. The molecule has 0 saturated carbocycles. The molecule has 0 saturated heterocycles. The van der Waals surface area contributed by atoms with Gasteiger partial charge in [-0.05, 0) is 25.2 Å². The molecule has 0 fully saturated rings. The number of rotatable bonds is 4. The number of halogens is 3. The third-order valence-electron chi connectivity index (χ3n) is 3.48. The Kier molecular flexibility index (Phi) is 5.44. The molecule has 2 amide bonds. The van der Waals surface area contributed by atoms with Crippen LogP contribution in [0.5, 0.6) is 0 Å². The average molecular weight is 333 g/mol. The molecule has 22 heavy (non-hydrogen) atoms. The average Bonchev–Trinajstić information content (AvgIpc) is 2.94. The largest absolute Gasteiger partial charge is 0.434 e. The number of nitrogens with one attached hydrogen (secondary N) is 1. The predicted molar refractivity (Wildman–Crippen MR) is 78.5 cm³/mol. The summed E-state index contributed by atoms with van der Waals surface area (Å²) < 4.78 is 37.4. The molecule has 1 unspecified atom stereocenters. The Labute approximate surface area is 131 Å². The van der Waals surface area contributed by atoms with Crippen molar-refractivity contribution in [3.63, 3.8) is 0 Å². The van der Waals surface area contributed by atoms with Crippen LogP contribution in [0.25, 0.3) is 0 Å². The van der Waals surface area contributed by atoms with E-state index in [0.717, 1.165) is 36.0 Å². The summed E-state index contributed by atoms with van der Waals surface area (Å²) in [5.41, 5.74) is -0.907. The van der Waals surface area contributed by atoms with E-state index >= 15 is 0 Å². The van der Waals surface area contributed by atoms with Crippen molar-refractivity contribution in [3.05, 3.63) is 28.2 Å². The SMILES string of the molecule is CN(Cc1nc(C(F)(F)F)cs1)C(=O)NCC1CC=CCC1. The topological polar surface area (TPSA) is 45.2 Å². The summed E-state index contributed by atoms with van der Waals surface area (Å²) in [4.78, 5) is 16.8. The van der Waals surface area contributed by atoms with Crippen LogP contribution >= 0.6 is 11.3 Å². The molecule has 1 heterocycles. The van der Waals surface area contributed by atoms with Crippen LogP contribution in [0.1, 0.15) is 30.0 Å². The first-order valence-corrected chi connectivity index (χ1v) is 7.90. The molecule has 0 bridgehead atoms. The van der Waals surface area contributed by atoms with Gasteiger partial charge in [-0.15, -0.1) is 11.3 Å². The van der Waals surface area contributed by atoms with E-state index in [1.165, 1.54) is 4.90 Å². The van der Waals surface area contributed by atoms with Crippen LogP contribution in [0.3, 0.4) is 0 Å². The van der Waals surface area contributed by atoms with E-state index in [2.05, 4.69) is 22.5 Å². The Morgan fingerprint density at radius 1 is 1.50 bits per heavy atom. The lowest BCUT2D eigenvalue weighted by molar-refractivity contribution is -0.140. The fourth-order valence-corrected chi connectivity index (χ4v) is 3.05. The number of amides is 2. The summed E-state index contributed by atoms with van der Waals surface area (Å²) in [6.07, 6.45) is 2.82. The molecule has 1 aromatic rings. The van der Waals surface area contributed by atoms with Gasteiger partial charge in [-0.2, -0.15) is 13.2 Å². The minimum atomic E-state index is -4.44. The number of hydrogen-bond donors (Lipinski definition) is 1. The first-order chi connectivity index (χ1) is 10.4. The van der Waals surface area contributed by atoms with Gasteiger partial charge in [0.05, 0.1) is 6.54 Å². The van der Waals surface area contributed by atoms with Crippen LogP contribution in [0, 0.1) is 5.92 Å². The molecule has 1 aliphatic rings. The van der Waals surface area contributed by atoms with E-state index in [1.54, 1.807) is 7.05 Å². The maximum Gasteiger partial charge on any atom is 0.434 e. The Morgan fingerprint density at radius 2 is 2.27 bits per heavy atom. The molecule has 1 atom stereocenters. The monoisotopic (exact) mass is 333 g/mol. The second-order valence-electron chi connectivity index (χ2n) is 5.32. The number of urea groups is 1. The van der Waals surface area contributed by atoms with E-state index in [1.807, 2.05) is 0 Å². The highest BCUT2D eigenvalue weighted by molar-refractivity contribution is 7.09. The maximum absolute atomic E-state index is 12.5. The van der Waals surface area contributed by atoms with E-state index in [9.17, 15) is 18.0 Å².